The van der Waals surface area contributed by atoms with Gasteiger partial charge in [0.15, 0.2) is 0 Å². The Morgan fingerprint density at radius 3 is 2.42 bits per heavy atom. The molecule has 1 aromatic rings. The maximum atomic E-state index is 3.76. The molecule has 2 aliphatic rings. The van der Waals surface area contributed by atoms with E-state index in [9.17, 15) is 0 Å². The summed E-state index contributed by atoms with van der Waals surface area (Å²) >= 11 is 0. The highest BCUT2D eigenvalue weighted by Gasteiger charge is 2.41. The summed E-state index contributed by atoms with van der Waals surface area (Å²) in [5, 5.41) is 3.76. The minimum absolute atomic E-state index is 0.682. The Morgan fingerprint density at radius 1 is 1.11 bits per heavy atom. The third-order valence-electron chi connectivity index (χ3n) is 5.49. The summed E-state index contributed by atoms with van der Waals surface area (Å²) in [7, 11) is 0. The second-order valence-electron chi connectivity index (χ2n) is 6.68. The van der Waals surface area contributed by atoms with E-state index in [0.29, 0.717) is 6.04 Å². The fourth-order valence-electron chi connectivity index (χ4n) is 4.23. The highest BCUT2D eigenvalue weighted by atomic mass is 14.9. The Bertz CT molecular complexity index is 408. The first kappa shape index (κ1) is 13.2. The number of aryl methyl sites for hydroxylation is 1. The third kappa shape index (κ3) is 2.86. The van der Waals surface area contributed by atoms with Gasteiger partial charge in [0.2, 0.25) is 0 Å². The van der Waals surface area contributed by atoms with Crippen LogP contribution in [0.5, 0.6) is 0 Å². The number of nitrogens with one attached hydrogen (secondary N) is 1. The molecule has 4 unspecified atom stereocenters. The molecule has 0 aromatic heterocycles. The van der Waals surface area contributed by atoms with Crippen LogP contribution in [0.25, 0.3) is 0 Å². The summed E-state index contributed by atoms with van der Waals surface area (Å²) in [6.45, 7) is 5.63. The summed E-state index contributed by atoms with van der Waals surface area (Å²) < 4.78 is 0. The smallest absolute Gasteiger partial charge is 0.0208 e. The maximum Gasteiger partial charge on any atom is 0.0208 e. The summed E-state index contributed by atoms with van der Waals surface area (Å²) in [6, 6.07) is 9.76. The molecule has 104 valence electrons. The van der Waals surface area contributed by atoms with Crippen LogP contribution in [-0.2, 0) is 13.0 Å². The molecular weight excluding hydrogens is 230 g/mol. The lowest BCUT2D eigenvalue weighted by Gasteiger charge is -2.28. The molecule has 0 spiro atoms. The van der Waals surface area contributed by atoms with Crippen LogP contribution in [0.3, 0.4) is 0 Å². The van der Waals surface area contributed by atoms with Gasteiger partial charge in [0.05, 0.1) is 0 Å². The van der Waals surface area contributed by atoms with Crippen LogP contribution >= 0.6 is 0 Å². The molecule has 0 aliphatic heterocycles. The zero-order valence-electron chi connectivity index (χ0n) is 12.4. The first-order valence-corrected chi connectivity index (χ1v) is 8.07. The van der Waals surface area contributed by atoms with Crippen LogP contribution in [0, 0.1) is 17.8 Å². The second-order valence-corrected chi connectivity index (χ2v) is 6.68. The summed E-state index contributed by atoms with van der Waals surface area (Å²) in [6.07, 6.45) is 7.13. The quantitative estimate of drug-likeness (QED) is 0.835. The van der Waals surface area contributed by atoms with Crippen molar-refractivity contribution in [3.8, 4) is 0 Å². The summed E-state index contributed by atoms with van der Waals surface area (Å²) in [5.74, 6) is 3.02. The van der Waals surface area contributed by atoms with E-state index in [4.69, 9.17) is 0 Å². The van der Waals surface area contributed by atoms with Gasteiger partial charge in [-0.1, -0.05) is 37.6 Å². The molecule has 4 atom stereocenters. The Hall–Kier alpha value is -0.820. The fraction of sp³-hybridized carbons (Fsp3) is 0.667. The van der Waals surface area contributed by atoms with Gasteiger partial charge in [-0.2, -0.15) is 0 Å². The van der Waals surface area contributed by atoms with E-state index in [1.807, 2.05) is 0 Å². The van der Waals surface area contributed by atoms with Gasteiger partial charge in [0, 0.05) is 12.6 Å². The van der Waals surface area contributed by atoms with Crippen molar-refractivity contribution in [1.82, 2.24) is 5.32 Å². The van der Waals surface area contributed by atoms with Gasteiger partial charge >= 0.3 is 0 Å². The van der Waals surface area contributed by atoms with E-state index >= 15 is 0 Å². The number of rotatable bonds is 5. The molecule has 0 saturated heterocycles. The van der Waals surface area contributed by atoms with Crippen LogP contribution in [0.4, 0.5) is 0 Å². The third-order valence-corrected chi connectivity index (χ3v) is 5.49. The molecule has 2 fully saturated rings. The number of hydrogen-bond acceptors (Lipinski definition) is 1. The topological polar surface area (TPSA) is 12.0 Å². The molecule has 2 bridgehead atoms. The van der Waals surface area contributed by atoms with E-state index < -0.39 is 0 Å². The van der Waals surface area contributed by atoms with E-state index in [0.717, 1.165) is 30.7 Å². The first-order chi connectivity index (χ1) is 9.26. The Labute approximate surface area is 117 Å². The Kier molecular flexibility index (Phi) is 3.93. The van der Waals surface area contributed by atoms with Gasteiger partial charge in [-0.25, -0.2) is 0 Å². The monoisotopic (exact) mass is 257 g/mol. The molecule has 0 radical (unpaired) electrons. The molecule has 1 aromatic carbocycles. The summed E-state index contributed by atoms with van der Waals surface area (Å²) in [4.78, 5) is 0. The largest absolute Gasteiger partial charge is 0.310 e. The highest BCUT2D eigenvalue weighted by Crippen LogP contribution is 2.49. The van der Waals surface area contributed by atoms with Crippen molar-refractivity contribution < 1.29 is 0 Å². The first-order valence-electron chi connectivity index (χ1n) is 8.07. The van der Waals surface area contributed by atoms with E-state index in [1.54, 1.807) is 0 Å². The van der Waals surface area contributed by atoms with Crippen LogP contribution in [-0.4, -0.2) is 6.04 Å². The van der Waals surface area contributed by atoms with Gasteiger partial charge < -0.3 is 5.32 Å². The second kappa shape index (κ2) is 5.66. The number of benzene rings is 1. The molecule has 1 heteroatoms. The van der Waals surface area contributed by atoms with Crippen molar-refractivity contribution in [2.24, 2.45) is 17.8 Å². The number of hydrogen-bond donors (Lipinski definition) is 1. The number of fused-ring (bicyclic) bond motifs is 2. The van der Waals surface area contributed by atoms with E-state index in [1.165, 1.54) is 36.8 Å². The lowest BCUT2D eigenvalue weighted by atomic mass is 9.84. The predicted molar refractivity (Wildman–Crippen MR) is 81.1 cm³/mol. The van der Waals surface area contributed by atoms with Gasteiger partial charge in [-0.05, 0) is 61.5 Å². The highest BCUT2D eigenvalue weighted by molar-refractivity contribution is 5.22. The van der Waals surface area contributed by atoms with Crippen molar-refractivity contribution in [2.45, 2.75) is 58.5 Å². The van der Waals surface area contributed by atoms with E-state index in [2.05, 4.69) is 43.4 Å². The average molecular weight is 257 g/mol. The van der Waals surface area contributed by atoms with Crippen LogP contribution in [0.15, 0.2) is 24.3 Å². The molecule has 0 heterocycles. The average Bonchev–Trinajstić information content (AvgIpc) is 3.08. The predicted octanol–water partition coefficient (Wildman–Crippen LogP) is 4.16. The zero-order valence-corrected chi connectivity index (χ0v) is 12.4. The van der Waals surface area contributed by atoms with Gasteiger partial charge in [0.25, 0.3) is 0 Å². The van der Waals surface area contributed by atoms with Crippen molar-refractivity contribution in [3.63, 3.8) is 0 Å². The van der Waals surface area contributed by atoms with Crippen molar-refractivity contribution in [2.75, 3.05) is 0 Å². The van der Waals surface area contributed by atoms with Crippen molar-refractivity contribution in [3.05, 3.63) is 35.4 Å². The van der Waals surface area contributed by atoms with Crippen LogP contribution in [0.2, 0.25) is 0 Å². The van der Waals surface area contributed by atoms with Gasteiger partial charge in [-0.3, -0.25) is 0 Å². The minimum atomic E-state index is 0.682. The van der Waals surface area contributed by atoms with Gasteiger partial charge in [0.1, 0.15) is 0 Å². The Morgan fingerprint density at radius 2 is 1.84 bits per heavy atom. The lowest BCUT2D eigenvalue weighted by molar-refractivity contribution is 0.259. The standard InChI is InChI=1S/C18H27N/c1-3-14-4-6-15(7-5-14)12-19-13(2)18-11-16-8-9-17(18)10-16/h4-7,13,16-19H,3,8-12H2,1-2H3. The maximum absolute atomic E-state index is 3.76. The fourth-order valence-corrected chi connectivity index (χ4v) is 4.23. The normalized spacial score (nSPS) is 30.7. The zero-order chi connectivity index (χ0) is 13.2. The Balaban J connectivity index is 1.51. The SMILES string of the molecule is CCc1ccc(CNC(C)C2CC3CCC2C3)cc1. The van der Waals surface area contributed by atoms with Crippen LogP contribution < -0.4 is 5.32 Å². The molecule has 0 amide bonds. The molecule has 19 heavy (non-hydrogen) atoms. The molecule has 3 rings (SSSR count). The minimum Gasteiger partial charge on any atom is -0.310 e. The molecule has 1 nitrogen and oxygen atoms in total. The molecular formula is C18H27N. The molecule has 2 saturated carbocycles. The van der Waals surface area contributed by atoms with Crippen molar-refractivity contribution in [1.29, 1.82) is 0 Å². The van der Waals surface area contributed by atoms with E-state index in [-0.39, 0.29) is 0 Å². The van der Waals surface area contributed by atoms with Crippen LogP contribution in [0.1, 0.15) is 50.7 Å². The molecule has 1 N–H and O–H groups in total. The van der Waals surface area contributed by atoms with Gasteiger partial charge in [-0.15, -0.1) is 0 Å². The lowest BCUT2D eigenvalue weighted by Crippen LogP contribution is -2.35. The summed E-state index contributed by atoms with van der Waals surface area (Å²) in [5.41, 5.74) is 2.86. The molecule has 2 aliphatic carbocycles. The van der Waals surface area contributed by atoms with Crippen molar-refractivity contribution >= 4 is 0 Å².